The zero-order valence-electron chi connectivity index (χ0n) is 9.10. The van der Waals surface area contributed by atoms with E-state index in [-0.39, 0.29) is 12.6 Å². The van der Waals surface area contributed by atoms with E-state index in [9.17, 15) is 14.7 Å². The summed E-state index contributed by atoms with van der Waals surface area (Å²) in [6.07, 6.45) is -1.80. The lowest BCUT2D eigenvalue weighted by Gasteiger charge is -2.22. The molecule has 0 radical (unpaired) electrons. The number of hydrogen-bond donors (Lipinski definition) is 2. The third-order valence-electron chi connectivity index (χ3n) is 2.27. The van der Waals surface area contributed by atoms with Crippen molar-refractivity contribution in [2.75, 3.05) is 0 Å². The van der Waals surface area contributed by atoms with Crippen LogP contribution in [0.15, 0.2) is 18.2 Å². The first kappa shape index (κ1) is 11.4. The molecule has 17 heavy (non-hydrogen) atoms. The van der Waals surface area contributed by atoms with Crippen LogP contribution >= 0.6 is 0 Å². The zero-order valence-corrected chi connectivity index (χ0v) is 9.10. The highest BCUT2D eigenvalue weighted by atomic mass is 16.6. The molecule has 6 heteroatoms. The Morgan fingerprint density at radius 1 is 1.59 bits per heavy atom. The van der Waals surface area contributed by atoms with E-state index in [1.807, 2.05) is 0 Å². The number of amides is 1. The number of carbonyl (C=O) groups is 2. The van der Waals surface area contributed by atoms with Crippen LogP contribution < -0.4 is 10.1 Å². The molecular weight excluding hydrogens is 226 g/mol. The Balaban J connectivity index is 2.21. The van der Waals surface area contributed by atoms with Crippen LogP contribution in [0.4, 0.5) is 4.79 Å². The van der Waals surface area contributed by atoms with Crippen LogP contribution in [0.3, 0.4) is 0 Å². The standard InChI is InChI=1S/C11H11NO5/c1-6(13)16-5-7-2-3-9-8(4-7)10(14)12-11(15)17-9/h2-4,10,14H,5H2,1H3,(H,12,15). The number of rotatable bonds is 2. The molecule has 0 fully saturated rings. The van der Waals surface area contributed by atoms with Gasteiger partial charge in [0.05, 0.1) is 0 Å². The van der Waals surface area contributed by atoms with Gasteiger partial charge in [-0.3, -0.25) is 10.1 Å². The summed E-state index contributed by atoms with van der Waals surface area (Å²) in [4.78, 5) is 21.6. The second-order valence-electron chi connectivity index (χ2n) is 3.59. The third kappa shape index (κ3) is 2.54. The molecule has 0 spiro atoms. The number of aliphatic hydroxyl groups is 1. The fourth-order valence-electron chi connectivity index (χ4n) is 1.50. The van der Waals surface area contributed by atoms with E-state index in [1.165, 1.54) is 6.92 Å². The van der Waals surface area contributed by atoms with E-state index in [2.05, 4.69) is 5.32 Å². The fourth-order valence-corrected chi connectivity index (χ4v) is 1.50. The van der Waals surface area contributed by atoms with Gasteiger partial charge in [-0.1, -0.05) is 6.07 Å². The molecule has 1 unspecified atom stereocenters. The van der Waals surface area contributed by atoms with Crippen molar-refractivity contribution in [1.29, 1.82) is 0 Å². The molecule has 6 nitrogen and oxygen atoms in total. The molecule has 90 valence electrons. The number of hydrogen-bond acceptors (Lipinski definition) is 5. The van der Waals surface area contributed by atoms with Crippen molar-refractivity contribution in [2.45, 2.75) is 19.8 Å². The largest absolute Gasteiger partial charge is 0.461 e. The first-order valence-electron chi connectivity index (χ1n) is 4.99. The van der Waals surface area contributed by atoms with Gasteiger partial charge in [0.2, 0.25) is 0 Å². The number of ether oxygens (including phenoxy) is 2. The van der Waals surface area contributed by atoms with Crippen LogP contribution in [0, 0.1) is 0 Å². The van der Waals surface area contributed by atoms with Crippen molar-refractivity contribution in [3.05, 3.63) is 29.3 Å². The maximum Gasteiger partial charge on any atom is 0.414 e. The molecule has 0 saturated heterocycles. The third-order valence-corrected chi connectivity index (χ3v) is 2.27. The van der Waals surface area contributed by atoms with Gasteiger partial charge in [0.1, 0.15) is 12.4 Å². The second-order valence-corrected chi connectivity index (χ2v) is 3.59. The molecule has 0 saturated carbocycles. The first-order chi connectivity index (χ1) is 8.06. The van der Waals surface area contributed by atoms with Gasteiger partial charge < -0.3 is 14.6 Å². The minimum atomic E-state index is -1.11. The van der Waals surface area contributed by atoms with Gasteiger partial charge >= 0.3 is 12.1 Å². The van der Waals surface area contributed by atoms with Crippen molar-refractivity contribution >= 4 is 12.1 Å². The quantitative estimate of drug-likeness (QED) is 0.744. The molecule has 0 bridgehead atoms. The molecular formula is C11H11NO5. The van der Waals surface area contributed by atoms with Crippen molar-refractivity contribution in [1.82, 2.24) is 5.32 Å². The highest BCUT2D eigenvalue weighted by Crippen LogP contribution is 2.28. The van der Waals surface area contributed by atoms with Crippen LogP contribution in [0.2, 0.25) is 0 Å². The summed E-state index contributed by atoms with van der Waals surface area (Å²) in [7, 11) is 0. The Kier molecular flexibility index (Phi) is 2.97. The average Bonchev–Trinajstić information content (AvgIpc) is 2.26. The van der Waals surface area contributed by atoms with E-state index in [0.717, 1.165) is 0 Å². The molecule has 2 rings (SSSR count). The molecule has 1 aromatic carbocycles. The van der Waals surface area contributed by atoms with Gasteiger partial charge in [-0.25, -0.2) is 4.79 Å². The lowest BCUT2D eigenvalue weighted by molar-refractivity contribution is -0.142. The van der Waals surface area contributed by atoms with Crippen molar-refractivity contribution in [3.8, 4) is 5.75 Å². The number of carbonyl (C=O) groups excluding carboxylic acids is 2. The lowest BCUT2D eigenvalue weighted by atomic mass is 10.1. The maximum atomic E-state index is 11.0. The molecule has 1 aliphatic rings. The van der Waals surface area contributed by atoms with E-state index >= 15 is 0 Å². The van der Waals surface area contributed by atoms with E-state index < -0.39 is 12.3 Å². The van der Waals surface area contributed by atoms with Gasteiger partial charge in [-0.05, 0) is 17.7 Å². The minimum absolute atomic E-state index is 0.114. The molecule has 0 aliphatic carbocycles. The van der Waals surface area contributed by atoms with E-state index in [1.54, 1.807) is 18.2 Å². The summed E-state index contributed by atoms with van der Waals surface area (Å²) in [5.74, 6) is -0.0827. The van der Waals surface area contributed by atoms with E-state index in [4.69, 9.17) is 9.47 Å². The van der Waals surface area contributed by atoms with Crippen LogP contribution in [0.25, 0.3) is 0 Å². The first-order valence-corrected chi connectivity index (χ1v) is 4.99. The summed E-state index contributed by atoms with van der Waals surface area (Å²) in [5, 5.41) is 11.8. The Bertz CT molecular complexity index is 471. The van der Waals surface area contributed by atoms with Gasteiger partial charge in [-0.2, -0.15) is 0 Å². The Morgan fingerprint density at radius 3 is 3.06 bits per heavy atom. The van der Waals surface area contributed by atoms with Crippen LogP contribution in [0.1, 0.15) is 24.3 Å². The topological polar surface area (TPSA) is 84.9 Å². The minimum Gasteiger partial charge on any atom is -0.461 e. The second kappa shape index (κ2) is 4.42. The van der Waals surface area contributed by atoms with Gasteiger partial charge in [0, 0.05) is 12.5 Å². The van der Waals surface area contributed by atoms with Crippen molar-refractivity contribution < 1.29 is 24.2 Å². The average molecular weight is 237 g/mol. The normalized spacial score (nSPS) is 17.8. The predicted octanol–water partition coefficient (Wildman–Crippen LogP) is 0.843. The van der Waals surface area contributed by atoms with Crippen LogP contribution in [0.5, 0.6) is 5.75 Å². The molecule has 1 atom stereocenters. The molecule has 1 amide bonds. The number of fused-ring (bicyclic) bond motifs is 1. The maximum absolute atomic E-state index is 11.0. The van der Waals surface area contributed by atoms with E-state index in [0.29, 0.717) is 16.9 Å². The zero-order chi connectivity index (χ0) is 12.4. The Labute approximate surface area is 97.1 Å². The Hall–Kier alpha value is -2.08. The summed E-state index contributed by atoms with van der Waals surface area (Å²) < 4.78 is 9.69. The number of benzene rings is 1. The summed E-state index contributed by atoms with van der Waals surface area (Å²) >= 11 is 0. The van der Waals surface area contributed by atoms with Crippen molar-refractivity contribution in [3.63, 3.8) is 0 Å². The molecule has 1 aliphatic heterocycles. The van der Waals surface area contributed by atoms with Gasteiger partial charge in [-0.15, -0.1) is 0 Å². The number of esters is 1. The summed E-state index contributed by atoms with van der Waals surface area (Å²) in [6, 6.07) is 4.82. The SMILES string of the molecule is CC(=O)OCc1ccc2c(c1)C(O)NC(=O)O2. The highest BCUT2D eigenvalue weighted by molar-refractivity contribution is 5.73. The molecule has 1 heterocycles. The smallest absolute Gasteiger partial charge is 0.414 e. The highest BCUT2D eigenvalue weighted by Gasteiger charge is 2.24. The molecule has 2 N–H and O–H groups in total. The number of aliphatic hydroxyl groups excluding tert-OH is 1. The summed E-state index contributed by atoms with van der Waals surface area (Å²) in [5.41, 5.74) is 1.15. The van der Waals surface area contributed by atoms with Gasteiger partial charge in [0.25, 0.3) is 0 Å². The van der Waals surface area contributed by atoms with Crippen LogP contribution in [-0.2, 0) is 16.1 Å². The number of nitrogens with one attached hydrogen (secondary N) is 1. The fraction of sp³-hybridized carbons (Fsp3) is 0.273. The van der Waals surface area contributed by atoms with Crippen molar-refractivity contribution in [2.24, 2.45) is 0 Å². The van der Waals surface area contributed by atoms with Gasteiger partial charge in [0.15, 0.2) is 6.23 Å². The van der Waals surface area contributed by atoms with Crippen LogP contribution in [-0.4, -0.2) is 17.2 Å². The lowest BCUT2D eigenvalue weighted by Crippen LogP contribution is -2.35. The monoisotopic (exact) mass is 237 g/mol. The molecule has 1 aromatic rings. The Morgan fingerprint density at radius 2 is 2.35 bits per heavy atom. The summed E-state index contributed by atoms with van der Waals surface area (Å²) in [6.45, 7) is 1.43. The molecule has 0 aromatic heterocycles. The predicted molar refractivity (Wildman–Crippen MR) is 56.0 cm³/mol.